The highest BCUT2D eigenvalue weighted by Gasteiger charge is 2.29. The largest absolute Gasteiger partial charge is 0.343 e. The third-order valence-electron chi connectivity index (χ3n) is 1.84. The first kappa shape index (κ1) is 8.01. The molecule has 0 radical (unpaired) electrons. The number of hydrogen-bond acceptors (Lipinski definition) is 2. The molecule has 2 N–H and O–H groups in total. The Balaban J connectivity index is 2.44. The summed E-state index contributed by atoms with van der Waals surface area (Å²) in [6.07, 6.45) is 0.843. The zero-order valence-electron chi connectivity index (χ0n) is 6.21. The minimum absolute atomic E-state index is 0.343. The summed E-state index contributed by atoms with van der Waals surface area (Å²) in [4.78, 5) is 0. The van der Waals surface area contributed by atoms with E-state index in [4.69, 9.17) is 0 Å². The van der Waals surface area contributed by atoms with E-state index in [2.05, 4.69) is 5.32 Å². The van der Waals surface area contributed by atoms with Gasteiger partial charge in [-0.15, -0.1) is 0 Å². The maximum Gasteiger partial charge on any atom is 0.156 e. The molecule has 0 saturated carbocycles. The van der Waals surface area contributed by atoms with Gasteiger partial charge in [0.05, 0.1) is 12.3 Å². The Kier molecular flexibility index (Phi) is 2.31. The van der Waals surface area contributed by atoms with Crippen LogP contribution >= 0.6 is 0 Å². The predicted molar refractivity (Wildman–Crippen MR) is 39.5 cm³/mol. The predicted octanol–water partition coefficient (Wildman–Crippen LogP) is -1.24. The third-order valence-corrected chi connectivity index (χ3v) is 3.63. The van der Waals surface area contributed by atoms with E-state index in [0.29, 0.717) is 17.5 Å². The summed E-state index contributed by atoms with van der Waals surface area (Å²) >= 11 is 0. The number of nitrogens with two attached hydrogens (primary N) is 1. The van der Waals surface area contributed by atoms with E-state index < -0.39 is 9.84 Å². The van der Waals surface area contributed by atoms with E-state index in [1.54, 1.807) is 0 Å². The summed E-state index contributed by atoms with van der Waals surface area (Å²) in [5.74, 6) is 0.787. The van der Waals surface area contributed by atoms with Crippen molar-refractivity contribution in [3.05, 3.63) is 0 Å². The second kappa shape index (κ2) is 2.88. The van der Waals surface area contributed by atoms with Crippen molar-refractivity contribution in [1.29, 1.82) is 0 Å². The number of sulfone groups is 1. The molecule has 1 aliphatic heterocycles. The summed E-state index contributed by atoms with van der Waals surface area (Å²) in [5, 5.41) is 2.10. The van der Waals surface area contributed by atoms with E-state index in [1.807, 2.05) is 6.92 Å². The number of quaternary nitrogens is 1. The van der Waals surface area contributed by atoms with Crippen molar-refractivity contribution in [2.24, 2.45) is 0 Å². The first-order valence-electron chi connectivity index (χ1n) is 3.68. The van der Waals surface area contributed by atoms with Gasteiger partial charge in [0.1, 0.15) is 11.8 Å². The average molecular weight is 164 g/mol. The minimum Gasteiger partial charge on any atom is -0.343 e. The highest BCUT2D eigenvalue weighted by Crippen LogP contribution is 2.07. The maximum absolute atomic E-state index is 10.9. The standard InChI is InChI=1S/C6H13NO2S/c1-2-7-6-3-4-10(8,9)5-6/h6-7H,2-5H2,1H3/p+1. The highest BCUT2D eigenvalue weighted by atomic mass is 32.2. The molecule has 1 unspecified atom stereocenters. The third kappa shape index (κ3) is 1.95. The fourth-order valence-corrected chi connectivity index (χ4v) is 3.13. The molecule has 0 aliphatic carbocycles. The Morgan fingerprint density at radius 3 is 2.70 bits per heavy atom. The molecule has 1 atom stereocenters. The molecule has 1 saturated heterocycles. The lowest BCUT2D eigenvalue weighted by atomic mass is 10.3. The molecular formula is C6H14NO2S+. The van der Waals surface area contributed by atoms with Crippen molar-refractivity contribution < 1.29 is 13.7 Å². The summed E-state index contributed by atoms with van der Waals surface area (Å²) in [5.41, 5.74) is 0. The van der Waals surface area contributed by atoms with Gasteiger partial charge in [0.2, 0.25) is 0 Å². The van der Waals surface area contributed by atoms with Crippen LogP contribution in [0, 0.1) is 0 Å². The van der Waals surface area contributed by atoms with Gasteiger partial charge in [-0.2, -0.15) is 0 Å². The van der Waals surface area contributed by atoms with E-state index >= 15 is 0 Å². The summed E-state index contributed by atoms with van der Waals surface area (Å²) in [6, 6.07) is 0.343. The molecule has 1 heterocycles. The van der Waals surface area contributed by atoms with E-state index in [-0.39, 0.29) is 0 Å². The molecule has 4 heteroatoms. The summed E-state index contributed by atoms with van der Waals surface area (Å²) in [7, 11) is -2.65. The molecule has 1 rings (SSSR count). The van der Waals surface area contributed by atoms with Crippen molar-refractivity contribution in [3.63, 3.8) is 0 Å². The highest BCUT2D eigenvalue weighted by molar-refractivity contribution is 7.91. The first-order chi connectivity index (χ1) is 4.64. The van der Waals surface area contributed by atoms with Crippen LogP contribution in [0.4, 0.5) is 0 Å². The lowest BCUT2D eigenvalue weighted by Crippen LogP contribution is -2.90. The van der Waals surface area contributed by atoms with Crippen molar-refractivity contribution in [2.45, 2.75) is 19.4 Å². The average Bonchev–Trinajstić information content (AvgIpc) is 2.12. The van der Waals surface area contributed by atoms with E-state index in [1.165, 1.54) is 0 Å². The quantitative estimate of drug-likeness (QED) is 0.555. The van der Waals surface area contributed by atoms with Crippen LogP contribution in [0.2, 0.25) is 0 Å². The fraction of sp³-hybridized carbons (Fsp3) is 1.00. The second-order valence-electron chi connectivity index (χ2n) is 2.81. The van der Waals surface area contributed by atoms with E-state index in [0.717, 1.165) is 13.0 Å². The normalized spacial score (nSPS) is 30.7. The van der Waals surface area contributed by atoms with Crippen molar-refractivity contribution in [3.8, 4) is 0 Å². The molecule has 0 aromatic rings. The molecule has 1 aliphatic rings. The molecule has 0 amide bonds. The van der Waals surface area contributed by atoms with Crippen LogP contribution < -0.4 is 5.32 Å². The van der Waals surface area contributed by atoms with Gasteiger partial charge >= 0.3 is 0 Å². The molecule has 0 spiro atoms. The lowest BCUT2D eigenvalue weighted by molar-refractivity contribution is -0.681. The van der Waals surface area contributed by atoms with Gasteiger partial charge in [0, 0.05) is 6.42 Å². The smallest absolute Gasteiger partial charge is 0.156 e. The molecule has 0 aromatic carbocycles. The van der Waals surface area contributed by atoms with Crippen LogP contribution in [0.3, 0.4) is 0 Å². The Morgan fingerprint density at radius 2 is 2.30 bits per heavy atom. The van der Waals surface area contributed by atoms with Gasteiger partial charge in [0.25, 0.3) is 0 Å². The monoisotopic (exact) mass is 164 g/mol. The molecule has 10 heavy (non-hydrogen) atoms. The van der Waals surface area contributed by atoms with Gasteiger partial charge < -0.3 is 5.32 Å². The van der Waals surface area contributed by atoms with Crippen LogP contribution in [-0.2, 0) is 9.84 Å². The Morgan fingerprint density at radius 1 is 1.60 bits per heavy atom. The van der Waals surface area contributed by atoms with Crippen LogP contribution in [-0.4, -0.2) is 32.5 Å². The summed E-state index contributed by atoms with van der Waals surface area (Å²) in [6.45, 7) is 3.03. The van der Waals surface area contributed by atoms with Gasteiger partial charge in [0.15, 0.2) is 9.84 Å². The van der Waals surface area contributed by atoms with Crippen LogP contribution in [0.25, 0.3) is 0 Å². The zero-order valence-corrected chi connectivity index (χ0v) is 7.02. The Hall–Kier alpha value is -0.0900. The van der Waals surface area contributed by atoms with Crippen LogP contribution in [0.5, 0.6) is 0 Å². The van der Waals surface area contributed by atoms with Crippen molar-refractivity contribution in [2.75, 3.05) is 18.1 Å². The van der Waals surface area contributed by atoms with Gasteiger partial charge in [-0.1, -0.05) is 0 Å². The van der Waals surface area contributed by atoms with E-state index in [9.17, 15) is 8.42 Å². The van der Waals surface area contributed by atoms with Crippen molar-refractivity contribution in [1.82, 2.24) is 0 Å². The fourth-order valence-electron chi connectivity index (χ4n) is 1.34. The molecule has 0 bridgehead atoms. The first-order valence-corrected chi connectivity index (χ1v) is 5.50. The van der Waals surface area contributed by atoms with Crippen LogP contribution in [0.15, 0.2) is 0 Å². The Labute approximate surface area is 61.7 Å². The zero-order chi connectivity index (χ0) is 7.61. The van der Waals surface area contributed by atoms with Gasteiger partial charge in [-0.3, -0.25) is 0 Å². The SMILES string of the molecule is CC[NH2+]C1CCS(=O)(=O)C1. The number of hydrogen-bond donors (Lipinski definition) is 1. The molecule has 60 valence electrons. The topological polar surface area (TPSA) is 50.8 Å². The molecule has 0 aromatic heterocycles. The van der Waals surface area contributed by atoms with Crippen molar-refractivity contribution >= 4 is 9.84 Å². The maximum atomic E-state index is 10.9. The lowest BCUT2D eigenvalue weighted by Gasteiger charge is -2.02. The summed E-state index contributed by atoms with van der Waals surface area (Å²) < 4.78 is 21.8. The number of rotatable bonds is 2. The minimum atomic E-state index is -2.65. The van der Waals surface area contributed by atoms with Gasteiger partial charge in [-0.05, 0) is 6.92 Å². The molecule has 1 fully saturated rings. The molecular weight excluding hydrogens is 150 g/mol. The second-order valence-corrected chi connectivity index (χ2v) is 5.04. The molecule has 3 nitrogen and oxygen atoms in total. The van der Waals surface area contributed by atoms with Crippen LogP contribution in [0.1, 0.15) is 13.3 Å². The van der Waals surface area contributed by atoms with Gasteiger partial charge in [-0.25, -0.2) is 8.42 Å². The Bertz CT molecular complexity index is 198.